The third-order valence-electron chi connectivity index (χ3n) is 1.55. The summed E-state index contributed by atoms with van der Waals surface area (Å²) in [6.45, 7) is 1.26. The van der Waals surface area contributed by atoms with Gasteiger partial charge in [0, 0.05) is 5.33 Å². The van der Waals surface area contributed by atoms with Gasteiger partial charge < -0.3 is 4.74 Å². The highest BCUT2D eigenvalue weighted by molar-refractivity contribution is 9.09. The van der Waals surface area contributed by atoms with Gasteiger partial charge in [0.05, 0.1) is 24.8 Å². The Morgan fingerprint density at radius 3 is 3.00 bits per heavy atom. The van der Waals surface area contributed by atoms with Crippen molar-refractivity contribution in [2.75, 3.05) is 11.9 Å². The number of benzene rings is 1. The fraction of sp³-hybridized carbons (Fsp3) is 0.300. The van der Waals surface area contributed by atoms with Gasteiger partial charge in [-0.05, 0) is 17.7 Å². The highest BCUT2D eigenvalue weighted by Gasteiger charge is 1.94. The molecular weight excluding hydrogens is 230 g/mol. The normalized spacial score (nSPS) is 9.54. The molecule has 0 aliphatic rings. The van der Waals surface area contributed by atoms with Crippen LogP contribution in [0.15, 0.2) is 24.3 Å². The Morgan fingerprint density at radius 1 is 1.46 bits per heavy atom. The molecule has 0 N–H and O–H groups in total. The first-order valence-electron chi connectivity index (χ1n) is 3.99. The zero-order chi connectivity index (χ0) is 9.52. The van der Waals surface area contributed by atoms with Gasteiger partial charge in [0.1, 0.15) is 0 Å². The molecule has 0 radical (unpaired) electrons. The molecule has 0 bridgehead atoms. The van der Waals surface area contributed by atoms with Gasteiger partial charge in [-0.25, -0.2) is 0 Å². The second-order valence-electron chi connectivity index (χ2n) is 2.55. The topological polar surface area (TPSA) is 33.0 Å². The molecular formula is C10H10BrNO. The molecule has 0 spiro atoms. The number of nitriles is 1. The molecule has 0 aliphatic carbocycles. The van der Waals surface area contributed by atoms with E-state index in [1.165, 1.54) is 0 Å². The predicted molar refractivity (Wildman–Crippen MR) is 54.6 cm³/mol. The molecule has 1 rings (SSSR count). The number of alkyl halides is 1. The van der Waals surface area contributed by atoms with Crippen LogP contribution in [0.4, 0.5) is 0 Å². The van der Waals surface area contributed by atoms with E-state index >= 15 is 0 Å². The zero-order valence-corrected chi connectivity index (χ0v) is 8.75. The second kappa shape index (κ2) is 5.74. The molecule has 0 unspecified atom stereocenters. The average Bonchev–Trinajstić information content (AvgIpc) is 2.19. The molecule has 0 fully saturated rings. The molecule has 0 saturated carbocycles. The molecule has 0 saturated heterocycles. The largest absolute Gasteiger partial charge is 0.376 e. The summed E-state index contributed by atoms with van der Waals surface area (Å²) in [4.78, 5) is 0. The number of ether oxygens (including phenoxy) is 1. The summed E-state index contributed by atoms with van der Waals surface area (Å²) in [5.41, 5.74) is 1.72. The second-order valence-corrected chi connectivity index (χ2v) is 3.35. The SMILES string of the molecule is N#Cc1cccc(COCCBr)c1. The first-order valence-corrected chi connectivity index (χ1v) is 5.11. The smallest absolute Gasteiger partial charge is 0.0991 e. The van der Waals surface area contributed by atoms with Crippen molar-refractivity contribution >= 4 is 15.9 Å². The van der Waals surface area contributed by atoms with Crippen molar-refractivity contribution in [1.82, 2.24) is 0 Å². The van der Waals surface area contributed by atoms with Crippen molar-refractivity contribution in [3.63, 3.8) is 0 Å². The molecule has 1 aromatic carbocycles. The summed E-state index contributed by atoms with van der Waals surface area (Å²) in [7, 11) is 0. The minimum absolute atomic E-state index is 0.571. The lowest BCUT2D eigenvalue weighted by Gasteiger charge is -2.01. The Labute approximate surface area is 86.3 Å². The Bertz CT molecular complexity index is 306. The fourth-order valence-corrected chi connectivity index (χ4v) is 1.20. The minimum atomic E-state index is 0.571. The van der Waals surface area contributed by atoms with E-state index in [1.807, 2.05) is 18.2 Å². The molecule has 0 aromatic heterocycles. The van der Waals surface area contributed by atoms with Crippen LogP contribution in [-0.2, 0) is 11.3 Å². The van der Waals surface area contributed by atoms with E-state index in [-0.39, 0.29) is 0 Å². The van der Waals surface area contributed by atoms with Crippen molar-refractivity contribution in [2.45, 2.75) is 6.61 Å². The summed E-state index contributed by atoms with van der Waals surface area (Å²) in [6.07, 6.45) is 0. The van der Waals surface area contributed by atoms with Gasteiger partial charge in [-0.15, -0.1) is 0 Å². The zero-order valence-electron chi connectivity index (χ0n) is 7.16. The molecule has 0 aliphatic heterocycles. The Hall–Kier alpha value is -0.850. The van der Waals surface area contributed by atoms with Crippen LogP contribution in [0.25, 0.3) is 0 Å². The third-order valence-corrected chi connectivity index (χ3v) is 1.87. The van der Waals surface area contributed by atoms with Crippen molar-refractivity contribution in [1.29, 1.82) is 5.26 Å². The van der Waals surface area contributed by atoms with Crippen LogP contribution >= 0.6 is 15.9 Å². The lowest BCUT2D eigenvalue weighted by atomic mass is 10.1. The van der Waals surface area contributed by atoms with Crippen LogP contribution in [0, 0.1) is 11.3 Å². The lowest BCUT2D eigenvalue weighted by molar-refractivity contribution is 0.137. The molecule has 68 valence electrons. The van der Waals surface area contributed by atoms with E-state index < -0.39 is 0 Å². The van der Waals surface area contributed by atoms with Crippen LogP contribution in [0.1, 0.15) is 11.1 Å². The summed E-state index contributed by atoms with van der Waals surface area (Å²) < 4.78 is 5.31. The molecule has 0 heterocycles. The Morgan fingerprint density at radius 2 is 2.31 bits per heavy atom. The van der Waals surface area contributed by atoms with Gasteiger partial charge in [-0.3, -0.25) is 0 Å². The molecule has 1 aromatic rings. The van der Waals surface area contributed by atoms with E-state index in [4.69, 9.17) is 10.00 Å². The lowest BCUT2D eigenvalue weighted by Crippen LogP contribution is -1.95. The minimum Gasteiger partial charge on any atom is -0.376 e. The number of hydrogen-bond donors (Lipinski definition) is 0. The maximum absolute atomic E-state index is 8.64. The predicted octanol–water partition coefficient (Wildman–Crippen LogP) is 2.47. The van der Waals surface area contributed by atoms with Gasteiger partial charge in [0.2, 0.25) is 0 Å². The maximum Gasteiger partial charge on any atom is 0.0991 e. The molecule has 2 nitrogen and oxygen atoms in total. The summed E-state index contributed by atoms with van der Waals surface area (Å²) in [5.74, 6) is 0. The first-order chi connectivity index (χ1) is 6.36. The van der Waals surface area contributed by atoms with Crippen LogP contribution in [0.2, 0.25) is 0 Å². The summed E-state index contributed by atoms with van der Waals surface area (Å²) in [6, 6.07) is 9.54. The summed E-state index contributed by atoms with van der Waals surface area (Å²) in [5, 5.41) is 9.47. The maximum atomic E-state index is 8.64. The number of rotatable bonds is 4. The van der Waals surface area contributed by atoms with E-state index in [0.29, 0.717) is 18.8 Å². The van der Waals surface area contributed by atoms with Crippen molar-refractivity contribution < 1.29 is 4.74 Å². The quantitative estimate of drug-likeness (QED) is 0.598. The highest BCUT2D eigenvalue weighted by atomic mass is 79.9. The van der Waals surface area contributed by atoms with Crippen LogP contribution < -0.4 is 0 Å². The molecule has 3 heteroatoms. The average molecular weight is 240 g/mol. The monoisotopic (exact) mass is 239 g/mol. The third kappa shape index (κ3) is 3.58. The van der Waals surface area contributed by atoms with Gasteiger partial charge >= 0.3 is 0 Å². The van der Waals surface area contributed by atoms with E-state index in [0.717, 1.165) is 10.9 Å². The van der Waals surface area contributed by atoms with Gasteiger partial charge in [-0.1, -0.05) is 28.1 Å². The number of hydrogen-bond acceptors (Lipinski definition) is 2. The Kier molecular flexibility index (Phi) is 4.52. The molecule has 0 amide bonds. The van der Waals surface area contributed by atoms with Crippen molar-refractivity contribution in [2.24, 2.45) is 0 Å². The molecule has 0 atom stereocenters. The number of halogens is 1. The fourth-order valence-electron chi connectivity index (χ4n) is 0.975. The van der Waals surface area contributed by atoms with E-state index in [9.17, 15) is 0 Å². The van der Waals surface area contributed by atoms with Crippen molar-refractivity contribution in [3.05, 3.63) is 35.4 Å². The summed E-state index contributed by atoms with van der Waals surface area (Å²) >= 11 is 3.27. The number of nitrogens with zero attached hydrogens (tertiary/aromatic N) is 1. The van der Waals surface area contributed by atoms with E-state index in [2.05, 4.69) is 22.0 Å². The molecule has 13 heavy (non-hydrogen) atoms. The standard InChI is InChI=1S/C10H10BrNO/c11-4-5-13-8-10-3-1-2-9(6-10)7-12/h1-3,6H,4-5,8H2. The Balaban J connectivity index is 2.52. The van der Waals surface area contributed by atoms with Gasteiger partial charge in [0.15, 0.2) is 0 Å². The van der Waals surface area contributed by atoms with Crippen LogP contribution in [0.5, 0.6) is 0 Å². The van der Waals surface area contributed by atoms with Crippen LogP contribution in [-0.4, -0.2) is 11.9 Å². The van der Waals surface area contributed by atoms with Crippen molar-refractivity contribution in [3.8, 4) is 6.07 Å². The van der Waals surface area contributed by atoms with Gasteiger partial charge in [0.25, 0.3) is 0 Å². The van der Waals surface area contributed by atoms with Crippen LogP contribution in [0.3, 0.4) is 0 Å². The highest BCUT2D eigenvalue weighted by Crippen LogP contribution is 2.05. The van der Waals surface area contributed by atoms with E-state index in [1.54, 1.807) is 6.07 Å². The van der Waals surface area contributed by atoms with Gasteiger partial charge in [-0.2, -0.15) is 5.26 Å². The first kappa shape index (κ1) is 10.2.